The average molecular weight is 340 g/mol. The molecule has 0 heterocycles. The molecule has 110 valence electrons. The highest BCUT2D eigenvalue weighted by molar-refractivity contribution is 8.02. The number of ether oxygens (including phenoxy) is 1. The van der Waals surface area contributed by atoms with Gasteiger partial charge in [-0.2, -0.15) is 5.26 Å². The number of methoxy groups -OCH3 is 1. The van der Waals surface area contributed by atoms with Gasteiger partial charge in [0.25, 0.3) is 0 Å². The zero-order valence-corrected chi connectivity index (χ0v) is 14.1. The van der Waals surface area contributed by atoms with Crippen LogP contribution in [0.25, 0.3) is 0 Å². The Morgan fingerprint density at radius 2 is 2.05 bits per heavy atom. The molecule has 1 aromatic carbocycles. The molecule has 0 saturated carbocycles. The van der Waals surface area contributed by atoms with Gasteiger partial charge in [0.05, 0.1) is 28.8 Å². The van der Waals surface area contributed by atoms with Gasteiger partial charge in [0.1, 0.15) is 5.76 Å². The minimum Gasteiger partial charge on any atom is -0.497 e. The summed E-state index contributed by atoms with van der Waals surface area (Å²) in [6.45, 7) is 2.07. The van der Waals surface area contributed by atoms with Crippen LogP contribution in [-0.2, 0) is 4.74 Å². The first kappa shape index (κ1) is 17.7. The first-order chi connectivity index (χ1) is 10.1. The molecule has 5 heteroatoms. The van der Waals surface area contributed by atoms with E-state index in [2.05, 4.69) is 6.92 Å². The lowest BCUT2D eigenvalue weighted by Gasteiger charge is -2.04. The lowest BCUT2D eigenvalue weighted by Crippen LogP contribution is -1.81. The van der Waals surface area contributed by atoms with E-state index in [9.17, 15) is 0 Å². The predicted octanol–water partition coefficient (Wildman–Crippen LogP) is 5.97. The van der Waals surface area contributed by atoms with E-state index in [-0.39, 0.29) is 0 Å². The summed E-state index contributed by atoms with van der Waals surface area (Å²) < 4.78 is 5.23. The van der Waals surface area contributed by atoms with Gasteiger partial charge >= 0.3 is 0 Å². The van der Waals surface area contributed by atoms with Crippen LogP contribution in [0.4, 0.5) is 0 Å². The Morgan fingerprint density at radius 1 is 1.38 bits per heavy atom. The van der Waals surface area contributed by atoms with Crippen LogP contribution in [0, 0.1) is 11.3 Å². The molecule has 0 amide bonds. The molecule has 0 aromatic heterocycles. The molecule has 0 saturated heterocycles. The summed E-state index contributed by atoms with van der Waals surface area (Å²) in [6, 6.07) is 5.21. The lowest BCUT2D eigenvalue weighted by atomic mass is 10.2. The number of benzene rings is 1. The predicted molar refractivity (Wildman–Crippen MR) is 90.7 cm³/mol. The van der Waals surface area contributed by atoms with E-state index in [0.717, 1.165) is 12.2 Å². The van der Waals surface area contributed by atoms with Gasteiger partial charge in [-0.3, -0.25) is 0 Å². The van der Waals surface area contributed by atoms with Crippen LogP contribution in [0.5, 0.6) is 0 Å². The maximum atomic E-state index is 8.84. The molecular weight excluding hydrogens is 325 g/mol. The summed E-state index contributed by atoms with van der Waals surface area (Å²) in [5, 5.41) is 11.6. The van der Waals surface area contributed by atoms with Gasteiger partial charge in [0, 0.05) is 4.90 Å². The Labute approximate surface area is 139 Å². The maximum Gasteiger partial charge on any atom is 0.119 e. The normalized spacial score (nSPS) is 12.0. The SMILES string of the molecule is CC\C=C/C=C(\C=C\Sc1c(Cl)cc(C#N)cc1Cl)OC. The number of hydrogen-bond acceptors (Lipinski definition) is 3. The Morgan fingerprint density at radius 3 is 2.57 bits per heavy atom. The Bertz CT molecular complexity index is 592. The molecule has 0 aliphatic carbocycles. The number of nitrogens with zero attached hydrogens (tertiary/aromatic N) is 1. The molecule has 0 atom stereocenters. The Balaban J connectivity index is 2.83. The molecular formula is C16H15Cl2NOS. The zero-order chi connectivity index (χ0) is 15.7. The van der Waals surface area contributed by atoms with E-state index < -0.39 is 0 Å². The van der Waals surface area contributed by atoms with Crippen molar-refractivity contribution in [1.82, 2.24) is 0 Å². The molecule has 0 bridgehead atoms. The number of rotatable bonds is 6. The summed E-state index contributed by atoms with van der Waals surface area (Å²) in [5.41, 5.74) is 0.445. The third-order valence-corrected chi connectivity index (χ3v) is 4.18. The number of hydrogen-bond donors (Lipinski definition) is 0. The largest absolute Gasteiger partial charge is 0.497 e. The van der Waals surface area contributed by atoms with E-state index in [1.165, 1.54) is 11.8 Å². The van der Waals surface area contributed by atoms with Crippen LogP contribution in [0.3, 0.4) is 0 Å². The van der Waals surface area contributed by atoms with Crippen molar-refractivity contribution in [2.24, 2.45) is 0 Å². The first-order valence-electron chi connectivity index (χ1n) is 6.25. The van der Waals surface area contributed by atoms with Gasteiger partial charge < -0.3 is 4.74 Å². The second-order valence-electron chi connectivity index (χ2n) is 3.91. The molecule has 0 N–H and O–H groups in total. The van der Waals surface area contributed by atoms with Crippen LogP contribution in [0.1, 0.15) is 18.9 Å². The highest BCUT2D eigenvalue weighted by Gasteiger charge is 2.07. The van der Waals surface area contributed by atoms with Crippen LogP contribution in [0.2, 0.25) is 10.0 Å². The second-order valence-corrected chi connectivity index (χ2v) is 5.64. The van der Waals surface area contributed by atoms with Crippen molar-refractivity contribution in [3.05, 3.63) is 63.2 Å². The number of halogens is 2. The van der Waals surface area contributed by atoms with E-state index in [1.807, 2.05) is 35.8 Å². The van der Waals surface area contributed by atoms with Crippen LogP contribution in [0.15, 0.2) is 52.5 Å². The molecule has 21 heavy (non-hydrogen) atoms. The van der Waals surface area contributed by atoms with Crippen molar-refractivity contribution in [2.45, 2.75) is 18.2 Å². The van der Waals surface area contributed by atoms with Crippen LogP contribution >= 0.6 is 35.0 Å². The fourth-order valence-electron chi connectivity index (χ4n) is 1.40. The quantitative estimate of drug-likeness (QED) is 0.363. The van der Waals surface area contributed by atoms with Crippen molar-refractivity contribution in [1.29, 1.82) is 5.26 Å². The molecule has 1 rings (SSSR count). The lowest BCUT2D eigenvalue weighted by molar-refractivity contribution is 0.307. The van der Waals surface area contributed by atoms with Crippen molar-refractivity contribution < 1.29 is 4.74 Å². The van der Waals surface area contributed by atoms with Crippen molar-refractivity contribution in [2.75, 3.05) is 7.11 Å². The van der Waals surface area contributed by atoms with E-state index in [4.69, 9.17) is 33.2 Å². The third-order valence-electron chi connectivity index (χ3n) is 2.41. The fourth-order valence-corrected chi connectivity index (χ4v) is 2.83. The van der Waals surface area contributed by atoms with Gasteiger partial charge in [0.2, 0.25) is 0 Å². The van der Waals surface area contributed by atoms with Crippen molar-refractivity contribution in [3.8, 4) is 6.07 Å². The second kappa shape index (κ2) is 9.57. The molecule has 0 aliphatic heterocycles. The zero-order valence-electron chi connectivity index (χ0n) is 11.8. The fraction of sp³-hybridized carbons (Fsp3) is 0.188. The number of thioether (sulfide) groups is 1. The highest BCUT2D eigenvalue weighted by Crippen LogP contribution is 2.35. The Hall–Kier alpha value is -1.34. The minimum absolute atomic E-state index is 0.445. The number of allylic oxidation sites excluding steroid dienone is 4. The van der Waals surface area contributed by atoms with Gasteiger partial charge in [-0.25, -0.2) is 0 Å². The maximum absolute atomic E-state index is 8.84. The van der Waals surface area contributed by atoms with Crippen LogP contribution in [-0.4, -0.2) is 7.11 Å². The molecule has 0 spiro atoms. The molecule has 0 fully saturated rings. The molecule has 0 unspecified atom stereocenters. The van der Waals surface area contributed by atoms with Gasteiger partial charge in [-0.15, -0.1) is 0 Å². The third kappa shape index (κ3) is 5.89. The van der Waals surface area contributed by atoms with Gasteiger partial charge in [-0.05, 0) is 36.1 Å². The van der Waals surface area contributed by atoms with E-state index in [0.29, 0.717) is 20.5 Å². The standard InChI is InChI=1S/C16H15Cl2NOS/c1-3-4-5-6-13(20-2)7-8-21-16-14(17)9-12(11-19)10-15(16)18/h4-10H,3H2,1-2H3/b5-4-,8-7+,13-6+. The van der Waals surface area contributed by atoms with Gasteiger partial charge in [0.15, 0.2) is 0 Å². The molecule has 0 radical (unpaired) electrons. The summed E-state index contributed by atoms with van der Waals surface area (Å²) >= 11 is 13.6. The highest BCUT2D eigenvalue weighted by atomic mass is 35.5. The summed E-state index contributed by atoms with van der Waals surface area (Å²) in [7, 11) is 1.61. The minimum atomic E-state index is 0.445. The van der Waals surface area contributed by atoms with Crippen LogP contribution < -0.4 is 0 Å². The average Bonchev–Trinajstić information content (AvgIpc) is 2.48. The van der Waals surface area contributed by atoms with E-state index in [1.54, 1.807) is 19.2 Å². The Kier molecular flexibility index (Phi) is 8.07. The molecule has 0 aliphatic rings. The van der Waals surface area contributed by atoms with E-state index >= 15 is 0 Å². The summed E-state index contributed by atoms with van der Waals surface area (Å²) in [5.74, 6) is 0.730. The summed E-state index contributed by atoms with van der Waals surface area (Å²) in [4.78, 5) is 0.716. The van der Waals surface area contributed by atoms with Gasteiger partial charge in [-0.1, -0.05) is 54.0 Å². The van der Waals surface area contributed by atoms with Crippen molar-refractivity contribution in [3.63, 3.8) is 0 Å². The smallest absolute Gasteiger partial charge is 0.119 e. The topological polar surface area (TPSA) is 33.0 Å². The summed E-state index contributed by atoms with van der Waals surface area (Å²) in [6.07, 6.45) is 8.66. The monoisotopic (exact) mass is 339 g/mol. The van der Waals surface area contributed by atoms with Crippen molar-refractivity contribution >= 4 is 35.0 Å². The number of nitriles is 1. The first-order valence-corrected chi connectivity index (χ1v) is 7.89. The molecule has 1 aromatic rings. The molecule has 2 nitrogen and oxygen atoms in total.